The van der Waals surface area contributed by atoms with E-state index in [4.69, 9.17) is 5.73 Å². The van der Waals surface area contributed by atoms with Crippen molar-refractivity contribution >= 4 is 17.3 Å². The number of nitrogen functional groups attached to an aromatic ring is 1. The number of nitrogens with two attached hydrogens (primary N) is 1. The highest BCUT2D eigenvalue weighted by Gasteiger charge is 2.05. The largest absolute Gasteiger partial charge is 0.399 e. The van der Waals surface area contributed by atoms with E-state index in [1.54, 1.807) is 43.3 Å². The van der Waals surface area contributed by atoms with Crippen LogP contribution >= 0.6 is 0 Å². The first kappa shape index (κ1) is 13.1. The van der Waals surface area contributed by atoms with E-state index in [1.165, 1.54) is 6.07 Å². The number of carbonyl (C=O) groups is 1. The van der Waals surface area contributed by atoms with Crippen LogP contribution in [0.1, 0.15) is 11.1 Å². The molecule has 0 aliphatic carbocycles. The van der Waals surface area contributed by atoms with Crippen LogP contribution in [0.2, 0.25) is 0 Å². The molecule has 0 atom stereocenters. The Hall–Kier alpha value is -2.36. The molecule has 3 nitrogen and oxygen atoms in total. The smallest absolute Gasteiger partial charge is 0.228 e. The zero-order valence-corrected chi connectivity index (χ0v) is 10.6. The number of carbonyl (C=O) groups excluding carboxylic acids is 1. The topological polar surface area (TPSA) is 55.1 Å². The molecule has 2 aromatic rings. The minimum Gasteiger partial charge on any atom is -0.399 e. The highest BCUT2D eigenvalue weighted by atomic mass is 19.1. The van der Waals surface area contributed by atoms with Crippen LogP contribution < -0.4 is 11.1 Å². The van der Waals surface area contributed by atoms with Gasteiger partial charge >= 0.3 is 0 Å². The molecule has 0 radical (unpaired) electrons. The van der Waals surface area contributed by atoms with E-state index in [0.717, 1.165) is 5.56 Å². The minimum absolute atomic E-state index is 0.187. The van der Waals surface area contributed by atoms with Gasteiger partial charge in [-0.3, -0.25) is 4.79 Å². The predicted molar refractivity (Wildman–Crippen MR) is 74.3 cm³/mol. The second-order valence-corrected chi connectivity index (χ2v) is 4.43. The van der Waals surface area contributed by atoms with Gasteiger partial charge in [0.25, 0.3) is 0 Å². The van der Waals surface area contributed by atoms with E-state index in [9.17, 15) is 9.18 Å². The molecule has 0 unspecified atom stereocenters. The van der Waals surface area contributed by atoms with Gasteiger partial charge in [-0.05, 0) is 42.3 Å². The van der Waals surface area contributed by atoms with Crippen molar-refractivity contribution in [3.63, 3.8) is 0 Å². The monoisotopic (exact) mass is 258 g/mol. The van der Waals surface area contributed by atoms with E-state index in [0.29, 0.717) is 16.9 Å². The Morgan fingerprint density at radius 2 is 1.89 bits per heavy atom. The van der Waals surface area contributed by atoms with Crippen LogP contribution in [0, 0.1) is 12.7 Å². The highest BCUT2D eigenvalue weighted by molar-refractivity contribution is 5.92. The maximum absolute atomic E-state index is 13.3. The van der Waals surface area contributed by atoms with E-state index in [-0.39, 0.29) is 18.1 Å². The van der Waals surface area contributed by atoms with Gasteiger partial charge in [-0.2, -0.15) is 0 Å². The SMILES string of the molecule is Cc1ccc(NC(=O)Cc2ccc(N)cc2)cc1F. The second kappa shape index (κ2) is 5.52. The molecule has 1 amide bonds. The number of benzene rings is 2. The molecular formula is C15H15FN2O. The molecule has 2 aromatic carbocycles. The summed E-state index contributed by atoms with van der Waals surface area (Å²) in [5, 5.41) is 2.66. The number of aryl methyl sites for hydroxylation is 1. The molecule has 0 saturated carbocycles. The van der Waals surface area contributed by atoms with Crippen molar-refractivity contribution in [2.24, 2.45) is 0 Å². The molecule has 0 aliphatic heterocycles. The van der Waals surface area contributed by atoms with E-state index in [2.05, 4.69) is 5.32 Å². The number of anilines is 2. The molecule has 4 heteroatoms. The first-order valence-electron chi connectivity index (χ1n) is 5.95. The molecule has 0 aliphatic rings. The fraction of sp³-hybridized carbons (Fsp3) is 0.133. The third-order valence-corrected chi connectivity index (χ3v) is 2.80. The van der Waals surface area contributed by atoms with Gasteiger partial charge in [-0.15, -0.1) is 0 Å². The number of amides is 1. The second-order valence-electron chi connectivity index (χ2n) is 4.43. The maximum Gasteiger partial charge on any atom is 0.228 e. The fourth-order valence-electron chi connectivity index (χ4n) is 1.70. The Labute approximate surface area is 111 Å². The molecule has 0 heterocycles. The van der Waals surface area contributed by atoms with Crippen LogP contribution in [0.15, 0.2) is 42.5 Å². The van der Waals surface area contributed by atoms with Crippen molar-refractivity contribution in [2.75, 3.05) is 11.1 Å². The number of hydrogen-bond acceptors (Lipinski definition) is 2. The van der Waals surface area contributed by atoms with Crippen LogP contribution in [0.25, 0.3) is 0 Å². The summed E-state index contributed by atoms with van der Waals surface area (Å²) in [6, 6.07) is 11.7. The fourth-order valence-corrected chi connectivity index (χ4v) is 1.70. The maximum atomic E-state index is 13.3. The average Bonchev–Trinajstić information content (AvgIpc) is 2.37. The predicted octanol–water partition coefficient (Wildman–Crippen LogP) is 2.90. The Bertz CT molecular complexity index is 594. The van der Waals surface area contributed by atoms with Crippen molar-refractivity contribution in [1.82, 2.24) is 0 Å². The molecule has 19 heavy (non-hydrogen) atoms. The Kier molecular flexibility index (Phi) is 3.80. The summed E-state index contributed by atoms with van der Waals surface area (Å²) in [7, 11) is 0. The number of rotatable bonds is 3. The van der Waals surface area contributed by atoms with Crippen molar-refractivity contribution in [2.45, 2.75) is 13.3 Å². The van der Waals surface area contributed by atoms with Gasteiger partial charge in [0.15, 0.2) is 0 Å². The Morgan fingerprint density at radius 3 is 2.53 bits per heavy atom. The van der Waals surface area contributed by atoms with E-state index < -0.39 is 0 Å². The molecular weight excluding hydrogens is 243 g/mol. The number of nitrogens with one attached hydrogen (secondary N) is 1. The Morgan fingerprint density at radius 1 is 1.21 bits per heavy atom. The van der Waals surface area contributed by atoms with E-state index >= 15 is 0 Å². The third-order valence-electron chi connectivity index (χ3n) is 2.80. The van der Waals surface area contributed by atoms with Gasteiger partial charge in [0.1, 0.15) is 5.82 Å². The lowest BCUT2D eigenvalue weighted by Crippen LogP contribution is -2.14. The molecule has 0 aromatic heterocycles. The van der Waals surface area contributed by atoms with Crippen LogP contribution in [0.4, 0.5) is 15.8 Å². The van der Waals surface area contributed by atoms with Crippen LogP contribution in [0.3, 0.4) is 0 Å². The standard InChI is InChI=1S/C15H15FN2O/c1-10-2-7-13(9-14(10)16)18-15(19)8-11-3-5-12(17)6-4-11/h2-7,9H,8,17H2,1H3,(H,18,19). The number of hydrogen-bond donors (Lipinski definition) is 2. The van der Waals surface area contributed by atoms with Crippen molar-refractivity contribution in [3.05, 3.63) is 59.4 Å². The summed E-state index contributed by atoms with van der Waals surface area (Å²) in [5.74, 6) is -0.515. The van der Waals surface area contributed by atoms with Crippen molar-refractivity contribution < 1.29 is 9.18 Å². The lowest BCUT2D eigenvalue weighted by Gasteiger charge is -2.06. The normalized spacial score (nSPS) is 10.2. The summed E-state index contributed by atoms with van der Waals surface area (Å²) in [6.45, 7) is 1.68. The van der Waals surface area contributed by atoms with Gasteiger partial charge in [0, 0.05) is 11.4 Å². The first-order chi connectivity index (χ1) is 9.04. The zero-order chi connectivity index (χ0) is 13.8. The molecule has 3 N–H and O–H groups in total. The molecule has 0 saturated heterocycles. The summed E-state index contributed by atoms with van der Waals surface area (Å²) in [4.78, 5) is 11.8. The average molecular weight is 258 g/mol. The van der Waals surface area contributed by atoms with Gasteiger partial charge < -0.3 is 11.1 Å². The van der Waals surface area contributed by atoms with Crippen LogP contribution in [0.5, 0.6) is 0 Å². The van der Waals surface area contributed by atoms with Crippen molar-refractivity contribution in [1.29, 1.82) is 0 Å². The van der Waals surface area contributed by atoms with Crippen LogP contribution in [-0.4, -0.2) is 5.91 Å². The summed E-state index contributed by atoms with van der Waals surface area (Å²) >= 11 is 0. The first-order valence-corrected chi connectivity index (χ1v) is 5.95. The number of halogens is 1. The summed E-state index contributed by atoms with van der Waals surface area (Å²) in [5.41, 5.74) is 8.10. The molecule has 0 fully saturated rings. The van der Waals surface area contributed by atoms with Gasteiger partial charge in [0.05, 0.1) is 6.42 Å². The lowest BCUT2D eigenvalue weighted by molar-refractivity contribution is -0.115. The van der Waals surface area contributed by atoms with Crippen molar-refractivity contribution in [3.8, 4) is 0 Å². The zero-order valence-electron chi connectivity index (χ0n) is 10.6. The molecule has 0 spiro atoms. The third kappa shape index (κ3) is 3.55. The molecule has 0 bridgehead atoms. The quantitative estimate of drug-likeness (QED) is 0.832. The van der Waals surface area contributed by atoms with Gasteiger partial charge in [-0.25, -0.2) is 4.39 Å². The minimum atomic E-state index is -0.328. The van der Waals surface area contributed by atoms with Gasteiger partial charge in [0.2, 0.25) is 5.91 Å². The summed E-state index contributed by atoms with van der Waals surface area (Å²) < 4.78 is 13.3. The van der Waals surface area contributed by atoms with E-state index in [1.807, 2.05) is 0 Å². The Balaban J connectivity index is 2.01. The summed E-state index contributed by atoms with van der Waals surface area (Å²) in [6.07, 6.45) is 0.232. The van der Waals surface area contributed by atoms with Crippen LogP contribution in [-0.2, 0) is 11.2 Å². The van der Waals surface area contributed by atoms with Gasteiger partial charge in [-0.1, -0.05) is 18.2 Å². The lowest BCUT2D eigenvalue weighted by atomic mass is 10.1. The highest BCUT2D eigenvalue weighted by Crippen LogP contribution is 2.14. The molecule has 98 valence electrons. The molecule has 2 rings (SSSR count).